The lowest BCUT2D eigenvalue weighted by Gasteiger charge is -2.03. The highest BCUT2D eigenvalue weighted by Crippen LogP contribution is 1.98. The molecule has 0 aliphatic rings. The highest BCUT2D eigenvalue weighted by molar-refractivity contribution is 5.12. The van der Waals surface area contributed by atoms with Gasteiger partial charge < -0.3 is 11.1 Å². The van der Waals surface area contributed by atoms with Gasteiger partial charge in [0.2, 0.25) is 0 Å². The van der Waals surface area contributed by atoms with Gasteiger partial charge in [0.25, 0.3) is 0 Å². The lowest BCUT2D eigenvalue weighted by atomic mass is 10.2. The van der Waals surface area contributed by atoms with Crippen molar-refractivity contribution in [3.05, 3.63) is 29.6 Å². The summed E-state index contributed by atoms with van der Waals surface area (Å²) in [6.45, 7) is 4.72. The van der Waals surface area contributed by atoms with E-state index >= 15 is 0 Å². The SMILES string of the molecule is Cc1ccc(CNCCCCN)cn1. The summed E-state index contributed by atoms with van der Waals surface area (Å²) in [6, 6.07) is 4.15. The number of nitrogens with zero attached hydrogens (tertiary/aromatic N) is 1. The smallest absolute Gasteiger partial charge is 0.0372 e. The second-order valence-corrected chi connectivity index (χ2v) is 3.48. The van der Waals surface area contributed by atoms with Gasteiger partial charge >= 0.3 is 0 Å². The molecule has 0 fully saturated rings. The first-order chi connectivity index (χ1) is 6.83. The number of aryl methyl sites for hydroxylation is 1. The number of nitrogens with one attached hydrogen (secondary N) is 1. The minimum absolute atomic E-state index is 0.785. The van der Waals surface area contributed by atoms with E-state index < -0.39 is 0 Å². The van der Waals surface area contributed by atoms with Crippen molar-refractivity contribution in [2.75, 3.05) is 13.1 Å². The number of unbranched alkanes of at least 4 members (excludes halogenated alkanes) is 1. The lowest BCUT2D eigenvalue weighted by Crippen LogP contribution is -2.15. The van der Waals surface area contributed by atoms with Crippen molar-refractivity contribution in [1.29, 1.82) is 0 Å². The predicted molar refractivity (Wildman–Crippen MR) is 59.0 cm³/mol. The van der Waals surface area contributed by atoms with E-state index in [1.165, 1.54) is 5.56 Å². The maximum atomic E-state index is 5.40. The molecule has 0 spiro atoms. The van der Waals surface area contributed by atoms with Crippen LogP contribution in [0.1, 0.15) is 24.1 Å². The Morgan fingerprint density at radius 2 is 2.21 bits per heavy atom. The summed E-state index contributed by atoms with van der Waals surface area (Å²) >= 11 is 0. The Kier molecular flexibility index (Phi) is 5.19. The van der Waals surface area contributed by atoms with E-state index in [2.05, 4.69) is 16.4 Å². The van der Waals surface area contributed by atoms with Crippen LogP contribution in [0.15, 0.2) is 18.3 Å². The molecule has 1 rings (SSSR count). The molecule has 1 aromatic heterocycles. The maximum Gasteiger partial charge on any atom is 0.0372 e. The molecule has 0 aromatic carbocycles. The van der Waals surface area contributed by atoms with Crippen LogP contribution in [0.2, 0.25) is 0 Å². The second kappa shape index (κ2) is 6.51. The molecular formula is C11H19N3. The third kappa shape index (κ3) is 4.35. The molecule has 3 heteroatoms. The van der Waals surface area contributed by atoms with Gasteiger partial charge in [-0.2, -0.15) is 0 Å². The number of nitrogens with two attached hydrogens (primary N) is 1. The Morgan fingerprint density at radius 1 is 1.36 bits per heavy atom. The van der Waals surface area contributed by atoms with Crippen LogP contribution in [-0.4, -0.2) is 18.1 Å². The van der Waals surface area contributed by atoms with E-state index in [4.69, 9.17) is 5.73 Å². The molecular weight excluding hydrogens is 174 g/mol. The Morgan fingerprint density at radius 3 is 2.86 bits per heavy atom. The molecule has 0 aliphatic carbocycles. The zero-order valence-corrected chi connectivity index (χ0v) is 8.79. The highest BCUT2D eigenvalue weighted by atomic mass is 14.8. The van der Waals surface area contributed by atoms with Crippen LogP contribution in [0, 0.1) is 6.92 Å². The largest absolute Gasteiger partial charge is 0.330 e. The van der Waals surface area contributed by atoms with Crippen LogP contribution in [0.5, 0.6) is 0 Å². The van der Waals surface area contributed by atoms with Gasteiger partial charge in [-0.1, -0.05) is 6.07 Å². The topological polar surface area (TPSA) is 50.9 Å². The van der Waals surface area contributed by atoms with Crippen LogP contribution in [-0.2, 0) is 6.54 Å². The van der Waals surface area contributed by atoms with Crippen molar-refractivity contribution in [2.45, 2.75) is 26.3 Å². The summed E-state index contributed by atoms with van der Waals surface area (Å²) in [4.78, 5) is 4.23. The third-order valence-electron chi connectivity index (χ3n) is 2.11. The van der Waals surface area contributed by atoms with Gasteiger partial charge in [-0.25, -0.2) is 0 Å². The van der Waals surface area contributed by atoms with Crippen molar-refractivity contribution < 1.29 is 0 Å². The molecule has 0 amide bonds. The molecule has 1 aromatic rings. The molecule has 3 N–H and O–H groups in total. The van der Waals surface area contributed by atoms with Crippen LogP contribution in [0.25, 0.3) is 0 Å². The molecule has 14 heavy (non-hydrogen) atoms. The van der Waals surface area contributed by atoms with Crippen molar-refractivity contribution >= 4 is 0 Å². The van der Waals surface area contributed by atoms with E-state index in [1.54, 1.807) is 0 Å². The van der Waals surface area contributed by atoms with Gasteiger partial charge in [0, 0.05) is 18.4 Å². The normalized spacial score (nSPS) is 10.4. The summed E-state index contributed by atoms with van der Waals surface area (Å²) in [6.07, 6.45) is 4.17. The van der Waals surface area contributed by atoms with Crippen molar-refractivity contribution in [3.63, 3.8) is 0 Å². The molecule has 1 heterocycles. The van der Waals surface area contributed by atoms with Crippen LogP contribution in [0.4, 0.5) is 0 Å². The van der Waals surface area contributed by atoms with Gasteiger partial charge in [0.15, 0.2) is 0 Å². The molecule has 0 bridgehead atoms. The number of hydrogen-bond donors (Lipinski definition) is 2. The number of rotatable bonds is 6. The van der Waals surface area contributed by atoms with E-state index in [9.17, 15) is 0 Å². The first-order valence-electron chi connectivity index (χ1n) is 5.15. The molecule has 0 aliphatic heterocycles. The Hall–Kier alpha value is -0.930. The standard InChI is InChI=1S/C11H19N3/c1-10-4-5-11(9-14-10)8-13-7-3-2-6-12/h4-5,9,13H,2-3,6-8,12H2,1H3. The minimum Gasteiger partial charge on any atom is -0.330 e. The molecule has 0 radical (unpaired) electrons. The molecule has 0 saturated heterocycles. The van der Waals surface area contributed by atoms with Crippen LogP contribution >= 0.6 is 0 Å². The first-order valence-corrected chi connectivity index (χ1v) is 5.15. The van der Waals surface area contributed by atoms with E-state index in [0.29, 0.717) is 0 Å². The Labute approximate surface area is 85.7 Å². The van der Waals surface area contributed by atoms with Crippen molar-refractivity contribution in [1.82, 2.24) is 10.3 Å². The van der Waals surface area contributed by atoms with E-state index in [1.807, 2.05) is 19.2 Å². The summed E-state index contributed by atoms with van der Waals surface area (Å²) in [5.74, 6) is 0. The van der Waals surface area contributed by atoms with Crippen LogP contribution in [0.3, 0.4) is 0 Å². The zero-order valence-electron chi connectivity index (χ0n) is 8.79. The fourth-order valence-corrected chi connectivity index (χ4v) is 1.23. The molecule has 0 saturated carbocycles. The number of aromatic nitrogens is 1. The quantitative estimate of drug-likeness (QED) is 0.668. The van der Waals surface area contributed by atoms with Gasteiger partial charge in [0.05, 0.1) is 0 Å². The zero-order chi connectivity index (χ0) is 10.2. The summed E-state index contributed by atoms with van der Waals surface area (Å²) in [5.41, 5.74) is 7.71. The van der Waals surface area contributed by atoms with Gasteiger partial charge in [-0.3, -0.25) is 4.98 Å². The second-order valence-electron chi connectivity index (χ2n) is 3.48. The summed E-state index contributed by atoms with van der Waals surface area (Å²) in [5, 5.41) is 3.36. The van der Waals surface area contributed by atoms with E-state index in [0.717, 1.165) is 38.2 Å². The maximum absolute atomic E-state index is 5.40. The average Bonchev–Trinajstić information content (AvgIpc) is 2.21. The average molecular weight is 193 g/mol. The first kappa shape index (κ1) is 11.1. The van der Waals surface area contributed by atoms with Crippen molar-refractivity contribution in [2.24, 2.45) is 5.73 Å². The number of pyridine rings is 1. The molecule has 3 nitrogen and oxygen atoms in total. The monoisotopic (exact) mass is 193 g/mol. The Bertz CT molecular complexity index is 243. The summed E-state index contributed by atoms with van der Waals surface area (Å²) < 4.78 is 0. The molecule has 0 unspecified atom stereocenters. The third-order valence-corrected chi connectivity index (χ3v) is 2.11. The van der Waals surface area contributed by atoms with E-state index in [-0.39, 0.29) is 0 Å². The fourth-order valence-electron chi connectivity index (χ4n) is 1.23. The van der Waals surface area contributed by atoms with Gasteiger partial charge in [-0.05, 0) is 44.5 Å². The highest BCUT2D eigenvalue weighted by Gasteiger charge is 1.92. The van der Waals surface area contributed by atoms with Gasteiger partial charge in [-0.15, -0.1) is 0 Å². The summed E-state index contributed by atoms with van der Waals surface area (Å²) in [7, 11) is 0. The predicted octanol–water partition coefficient (Wildman–Crippen LogP) is 1.22. The van der Waals surface area contributed by atoms with Crippen LogP contribution < -0.4 is 11.1 Å². The Balaban J connectivity index is 2.15. The molecule has 78 valence electrons. The molecule has 0 atom stereocenters. The lowest BCUT2D eigenvalue weighted by molar-refractivity contribution is 0.626. The number of hydrogen-bond acceptors (Lipinski definition) is 3. The van der Waals surface area contributed by atoms with Crippen molar-refractivity contribution in [3.8, 4) is 0 Å². The van der Waals surface area contributed by atoms with Gasteiger partial charge in [0.1, 0.15) is 0 Å². The minimum atomic E-state index is 0.785. The fraction of sp³-hybridized carbons (Fsp3) is 0.545.